The van der Waals surface area contributed by atoms with Crippen molar-refractivity contribution in [3.8, 4) is 5.75 Å². The third-order valence-electron chi connectivity index (χ3n) is 4.66. The second kappa shape index (κ2) is 6.58. The van der Waals surface area contributed by atoms with Crippen LogP contribution in [-0.2, 0) is 16.1 Å². The quantitative estimate of drug-likeness (QED) is 0.884. The number of methoxy groups -OCH3 is 1. The number of hydrogen-bond acceptors (Lipinski definition) is 4. The number of amides is 2. The zero-order chi connectivity index (χ0) is 16.4. The van der Waals surface area contributed by atoms with Crippen molar-refractivity contribution in [2.75, 3.05) is 26.7 Å². The molecule has 2 atom stereocenters. The number of nitrogens with zero attached hydrogens (tertiary/aromatic N) is 2. The highest BCUT2D eigenvalue weighted by Gasteiger charge is 2.42. The predicted octanol–water partition coefficient (Wildman–Crippen LogP) is 0.616. The maximum Gasteiger partial charge on any atom is 0.245 e. The standard InChI is InChI=1S/C17H23N3O3/c1-3-13-17(22)20-9-8-19(11-14(20)16(21)18-13)10-12-6-4-5-7-15(12)23-2/h4-7,13-14H,3,8-11H2,1-2H3,(H,18,21)/t13-,14+/m0/s1. The summed E-state index contributed by atoms with van der Waals surface area (Å²) in [5.41, 5.74) is 1.09. The molecule has 2 fully saturated rings. The largest absolute Gasteiger partial charge is 0.496 e. The SMILES string of the molecule is CC[C@@H]1NC(=O)[C@H]2CN(Cc3ccccc3OC)CCN2C1=O. The maximum atomic E-state index is 12.4. The molecule has 2 aliphatic rings. The molecule has 0 spiro atoms. The molecular formula is C17H23N3O3. The van der Waals surface area contributed by atoms with Gasteiger partial charge in [0.1, 0.15) is 17.8 Å². The second-order valence-corrected chi connectivity index (χ2v) is 6.06. The van der Waals surface area contributed by atoms with Crippen LogP contribution >= 0.6 is 0 Å². The van der Waals surface area contributed by atoms with E-state index < -0.39 is 0 Å². The molecule has 0 bridgehead atoms. The molecule has 1 aromatic carbocycles. The van der Waals surface area contributed by atoms with Gasteiger partial charge in [0.25, 0.3) is 0 Å². The molecule has 0 radical (unpaired) electrons. The molecule has 0 aromatic heterocycles. The molecule has 6 nitrogen and oxygen atoms in total. The average Bonchev–Trinajstić information content (AvgIpc) is 2.58. The van der Waals surface area contributed by atoms with E-state index in [9.17, 15) is 9.59 Å². The molecule has 0 aliphatic carbocycles. The van der Waals surface area contributed by atoms with Crippen LogP contribution in [0.25, 0.3) is 0 Å². The van der Waals surface area contributed by atoms with Crippen LogP contribution in [0.5, 0.6) is 5.75 Å². The van der Waals surface area contributed by atoms with Gasteiger partial charge in [-0.3, -0.25) is 14.5 Å². The Morgan fingerprint density at radius 2 is 2.04 bits per heavy atom. The van der Waals surface area contributed by atoms with Crippen molar-refractivity contribution in [1.82, 2.24) is 15.1 Å². The molecule has 2 heterocycles. The number of rotatable bonds is 4. The van der Waals surface area contributed by atoms with Gasteiger partial charge in [-0.05, 0) is 12.5 Å². The van der Waals surface area contributed by atoms with Crippen LogP contribution in [0.3, 0.4) is 0 Å². The van der Waals surface area contributed by atoms with E-state index in [1.807, 2.05) is 31.2 Å². The molecule has 1 N–H and O–H groups in total. The molecule has 2 saturated heterocycles. The first kappa shape index (κ1) is 15.8. The Bertz CT molecular complexity index is 605. The lowest BCUT2D eigenvalue weighted by atomic mass is 10.0. The topological polar surface area (TPSA) is 61.9 Å². The minimum absolute atomic E-state index is 0.0406. The van der Waals surface area contributed by atoms with Crippen LogP contribution in [0.15, 0.2) is 24.3 Å². The van der Waals surface area contributed by atoms with E-state index >= 15 is 0 Å². The number of para-hydroxylation sites is 1. The van der Waals surface area contributed by atoms with Crippen molar-refractivity contribution in [1.29, 1.82) is 0 Å². The third-order valence-corrected chi connectivity index (χ3v) is 4.66. The summed E-state index contributed by atoms with van der Waals surface area (Å²) in [5, 5.41) is 2.84. The summed E-state index contributed by atoms with van der Waals surface area (Å²) in [7, 11) is 1.66. The number of carbonyl (C=O) groups excluding carboxylic acids is 2. The Morgan fingerprint density at radius 3 is 2.78 bits per heavy atom. The lowest BCUT2D eigenvalue weighted by Crippen LogP contribution is -2.68. The minimum atomic E-state index is -0.381. The summed E-state index contributed by atoms with van der Waals surface area (Å²) < 4.78 is 5.39. The van der Waals surface area contributed by atoms with Crippen molar-refractivity contribution >= 4 is 11.8 Å². The van der Waals surface area contributed by atoms with Gasteiger partial charge in [0.05, 0.1) is 7.11 Å². The van der Waals surface area contributed by atoms with Gasteiger partial charge >= 0.3 is 0 Å². The van der Waals surface area contributed by atoms with Gasteiger partial charge < -0.3 is 15.0 Å². The van der Waals surface area contributed by atoms with Gasteiger partial charge in [-0.1, -0.05) is 25.1 Å². The number of ether oxygens (including phenoxy) is 1. The fourth-order valence-electron chi connectivity index (χ4n) is 3.35. The smallest absolute Gasteiger partial charge is 0.245 e. The van der Waals surface area contributed by atoms with Crippen molar-refractivity contribution in [3.05, 3.63) is 29.8 Å². The van der Waals surface area contributed by atoms with E-state index in [0.29, 0.717) is 26.1 Å². The number of piperazine rings is 2. The van der Waals surface area contributed by atoms with Gasteiger partial charge in [-0.15, -0.1) is 0 Å². The van der Waals surface area contributed by atoms with Gasteiger partial charge in [0, 0.05) is 31.7 Å². The summed E-state index contributed by atoms with van der Waals surface area (Å²) in [6.45, 7) is 4.56. The average molecular weight is 317 g/mol. The number of benzene rings is 1. The van der Waals surface area contributed by atoms with Gasteiger partial charge in [-0.25, -0.2) is 0 Å². The van der Waals surface area contributed by atoms with E-state index in [2.05, 4.69) is 10.2 Å². The molecule has 1 aromatic rings. The Hall–Kier alpha value is -2.08. The van der Waals surface area contributed by atoms with Crippen LogP contribution in [0.1, 0.15) is 18.9 Å². The van der Waals surface area contributed by atoms with Crippen molar-refractivity contribution < 1.29 is 14.3 Å². The minimum Gasteiger partial charge on any atom is -0.496 e. The maximum absolute atomic E-state index is 12.4. The number of carbonyl (C=O) groups is 2. The third kappa shape index (κ3) is 3.03. The van der Waals surface area contributed by atoms with Gasteiger partial charge in [0.2, 0.25) is 11.8 Å². The van der Waals surface area contributed by atoms with E-state index in [1.54, 1.807) is 12.0 Å². The molecular weight excluding hydrogens is 294 g/mol. The molecule has 3 rings (SSSR count). The molecule has 2 amide bonds. The van der Waals surface area contributed by atoms with Crippen LogP contribution in [-0.4, -0.2) is 60.4 Å². The van der Waals surface area contributed by atoms with Crippen molar-refractivity contribution in [2.45, 2.75) is 32.0 Å². The van der Waals surface area contributed by atoms with E-state index in [1.165, 1.54) is 0 Å². The Kier molecular flexibility index (Phi) is 4.52. The lowest BCUT2D eigenvalue weighted by molar-refractivity contribution is -0.153. The summed E-state index contributed by atoms with van der Waals surface area (Å²) in [4.78, 5) is 28.6. The zero-order valence-electron chi connectivity index (χ0n) is 13.6. The lowest BCUT2D eigenvalue weighted by Gasteiger charge is -2.45. The van der Waals surface area contributed by atoms with E-state index in [0.717, 1.165) is 17.9 Å². The summed E-state index contributed by atoms with van der Waals surface area (Å²) in [5.74, 6) is 0.861. The first-order valence-electron chi connectivity index (χ1n) is 8.09. The Morgan fingerprint density at radius 1 is 1.26 bits per heavy atom. The Balaban J connectivity index is 1.70. The fraction of sp³-hybridized carbons (Fsp3) is 0.529. The number of nitrogens with one attached hydrogen (secondary N) is 1. The highest BCUT2D eigenvalue weighted by molar-refractivity contribution is 5.97. The fourth-order valence-corrected chi connectivity index (χ4v) is 3.35. The second-order valence-electron chi connectivity index (χ2n) is 6.06. The van der Waals surface area contributed by atoms with Crippen LogP contribution < -0.4 is 10.1 Å². The van der Waals surface area contributed by atoms with Gasteiger partial charge in [0.15, 0.2) is 0 Å². The highest BCUT2D eigenvalue weighted by Crippen LogP contribution is 2.23. The number of fused-ring (bicyclic) bond motifs is 1. The number of hydrogen-bond donors (Lipinski definition) is 1. The first-order chi connectivity index (χ1) is 11.1. The molecule has 0 saturated carbocycles. The van der Waals surface area contributed by atoms with Crippen molar-refractivity contribution in [3.63, 3.8) is 0 Å². The van der Waals surface area contributed by atoms with E-state index in [-0.39, 0.29) is 23.9 Å². The predicted molar refractivity (Wildman–Crippen MR) is 86.0 cm³/mol. The molecule has 124 valence electrons. The summed E-state index contributed by atoms with van der Waals surface area (Å²) in [6.07, 6.45) is 0.638. The van der Waals surface area contributed by atoms with Crippen LogP contribution in [0.4, 0.5) is 0 Å². The van der Waals surface area contributed by atoms with E-state index in [4.69, 9.17) is 4.74 Å². The molecule has 6 heteroatoms. The first-order valence-corrected chi connectivity index (χ1v) is 8.09. The van der Waals surface area contributed by atoms with Gasteiger partial charge in [-0.2, -0.15) is 0 Å². The monoisotopic (exact) mass is 317 g/mol. The zero-order valence-corrected chi connectivity index (χ0v) is 13.6. The normalized spacial score (nSPS) is 25.0. The highest BCUT2D eigenvalue weighted by atomic mass is 16.5. The molecule has 23 heavy (non-hydrogen) atoms. The van der Waals surface area contributed by atoms with Crippen molar-refractivity contribution in [2.24, 2.45) is 0 Å². The molecule has 2 aliphatic heterocycles. The van der Waals surface area contributed by atoms with Crippen LogP contribution in [0.2, 0.25) is 0 Å². The summed E-state index contributed by atoms with van der Waals surface area (Å²) >= 11 is 0. The molecule has 0 unspecified atom stereocenters. The summed E-state index contributed by atoms with van der Waals surface area (Å²) in [6, 6.07) is 7.15. The van der Waals surface area contributed by atoms with Crippen LogP contribution in [0, 0.1) is 0 Å². The Labute approximate surface area is 136 Å².